The van der Waals surface area contributed by atoms with E-state index in [1.54, 1.807) is 18.2 Å². The van der Waals surface area contributed by atoms with Gasteiger partial charge in [-0.05, 0) is 18.2 Å². The Hall–Kier alpha value is -1.85. The molecule has 0 aliphatic carbocycles. The van der Waals surface area contributed by atoms with Gasteiger partial charge in [-0.3, -0.25) is 4.79 Å². The van der Waals surface area contributed by atoms with Crippen LogP contribution in [0.5, 0.6) is 5.75 Å². The molecule has 4 nitrogen and oxygen atoms in total. The van der Waals surface area contributed by atoms with Gasteiger partial charge in [0.25, 0.3) is 6.43 Å². The van der Waals surface area contributed by atoms with Gasteiger partial charge in [0.2, 0.25) is 5.91 Å². The van der Waals surface area contributed by atoms with Gasteiger partial charge in [0, 0.05) is 12.6 Å². The first-order chi connectivity index (χ1) is 8.02. The first-order valence-electron chi connectivity index (χ1n) is 5.00. The van der Waals surface area contributed by atoms with E-state index in [4.69, 9.17) is 4.74 Å². The summed E-state index contributed by atoms with van der Waals surface area (Å²) < 4.78 is 29.2. The largest absolute Gasteiger partial charge is 0.495 e. The molecule has 0 aliphatic heterocycles. The third-order valence-electron chi connectivity index (χ3n) is 1.97. The van der Waals surface area contributed by atoms with Crippen LogP contribution in [0.1, 0.15) is 6.92 Å². The van der Waals surface area contributed by atoms with Gasteiger partial charge >= 0.3 is 0 Å². The zero-order valence-corrected chi connectivity index (χ0v) is 9.59. The van der Waals surface area contributed by atoms with Crippen molar-refractivity contribution in [1.82, 2.24) is 0 Å². The van der Waals surface area contributed by atoms with Gasteiger partial charge in [0.15, 0.2) is 0 Å². The molecule has 1 amide bonds. The molecule has 1 aromatic rings. The fourth-order valence-electron chi connectivity index (χ4n) is 1.31. The monoisotopic (exact) mass is 244 g/mol. The number of ether oxygens (including phenoxy) is 1. The van der Waals surface area contributed by atoms with Crippen LogP contribution in [0.4, 0.5) is 20.2 Å². The van der Waals surface area contributed by atoms with Crippen molar-refractivity contribution in [3.63, 3.8) is 0 Å². The Morgan fingerprint density at radius 2 is 2.18 bits per heavy atom. The maximum atomic E-state index is 12.1. The second kappa shape index (κ2) is 6.03. The highest BCUT2D eigenvalue weighted by molar-refractivity contribution is 5.89. The molecule has 0 spiro atoms. The van der Waals surface area contributed by atoms with Crippen molar-refractivity contribution >= 4 is 17.3 Å². The molecule has 0 heterocycles. The number of hydrogen-bond acceptors (Lipinski definition) is 3. The van der Waals surface area contributed by atoms with E-state index in [0.29, 0.717) is 17.1 Å². The van der Waals surface area contributed by atoms with E-state index in [9.17, 15) is 13.6 Å². The SMILES string of the molecule is COc1ccc(NC(C)=O)cc1NCC(F)F. The number of amides is 1. The molecule has 0 unspecified atom stereocenters. The lowest BCUT2D eigenvalue weighted by Crippen LogP contribution is -2.12. The number of nitrogens with one attached hydrogen (secondary N) is 2. The van der Waals surface area contributed by atoms with Gasteiger partial charge in [-0.1, -0.05) is 0 Å². The Balaban J connectivity index is 2.85. The Morgan fingerprint density at radius 3 is 2.71 bits per heavy atom. The highest BCUT2D eigenvalue weighted by Crippen LogP contribution is 2.27. The van der Waals surface area contributed by atoms with Crippen molar-refractivity contribution in [2.24, 2.45) is 0 Å². The van der Waals surface area contributed by atoms with Crippen LogP contribution in [0.2, 0.25) is 0 Å². The van der Waals surface area contributed by atoms with E-state index >= 15 is 0 Å². The number of methoxy groups -OCH3 is 1. The van der Waals surface area contributed by atoms with Crippen LogP contribution in [-0.2, 0) is 4.79 Å². The molecule has 0 saturated carbocycles. The molecule has 1 aromatic carbocycles. The summed E-state index contributed by atoms with van der Waals surface area (Å²) in [5.74, 6) is 0.217. The predicted molar refractivity (Wildman–Crippen MR) is 61.8 cm³/mol. The Bertz CT molecular complexity index is 397. The maximum Gasteiger partial charge on any atom is 0.255 e. The second-order valence-corrected chi connectivity index (χ2v) is 3.37. The van der Waals surface area contributed by atoms with Gasteiger partial charge < -0.3 is 15.4 Å². The van der Waals surface area contributed by atoms with Crippen molar-refractivity contribution in [3.05, 3.63) is 18.2 Å². The summed E-state index contributed by atoms with van der Waals surface area (Å²) in [7, 11) is 1.45. The molecule has 0 radical (unpaired) electrons. The number of benzene rings is 1. The third-order valence-corrected chi connectivity index (χ3v) is 1.97. The molecule has 0 bridgehead atoms. The van der Waals surface area contributed by atoms with E-state index in [1.807, 2.05) is 0 Å². The Labute approximate surface area is 98.0 Å². The normalized spacial score (nSPS) is 10.2. The number of carbonyl (C=O) groups is 1. The van der Waals surface area contributed by atoms with Crippen molar-refractivity contribution in [3.8, 4) is 5.75 Å². The van der Waals surface area contributed by atoms with Crippen molar-refractivity contribution < 1.29 is 18.3 Å². The van der Waals surface area contributed by atoms with E-state index in [-0.39, 0.29) is 5.91 Å². The summed E-state index contributed by atoms with van der Waals surface area (Å²) in [6.07, 6.45) is -2.45. The minimum Gasteiger partial charge on any atom is -0.495 e. The average molecular weight is 244 g/mol. The summed E-state index contributed by atoms with van der Waals surface area (Å²) in [5, 5.41) is 5.11. The molecule has 1 rings (SSSR count). The van der Waals surface area contributed by atoms with Gasteiger partial charge in [0.05, 0.1) is 19.3 Å². The fraction of sp³-hybridized carbons (Fsp3) is 0.364. The maximum absolute atomic E-state index is 12.1. The first kappa shape index (κ1) is 13.2. The molecule has 94 valence electrons. The zero-order chi connectivity index (χ0) is 12.8. The van der Waals surface area contributed by atoms with Crippen LogP contribution in [0.25, 0.3) is 0 Å². The summed E-state index contributed by atoms with van der Waals surface area (Å²) in [5.41, 5.74) is 0.939. The Kier molecular flexibility index (Phi) is 4.68. The van der Waals surface area contributed by atoms with E-state index < -0.39 is 13.0 Å². The van der Waals surface area contributed by atoms with Crippen LogP contribution in [0, 0.1) is 0 Å². The highest BCUT2D eigenvalue weighted by Gasteiger charge is 2.08. The minimum atomic E-state index is -2.45. The molecular formula is C11H14F2N2O2. The van der Waals surface area contributed by atoms with E-state index in [2.05, 4.69) is 10.6 Å². The number of hydrogen-bond donors (Lipinski definition) is 2. The molecule has 0 aromatic heterocycles. The van der Waals surface area contributed by atoms with Crippen molar-refractivity contribution in [1.29, 1.82) is 0 Å². The lowest BCUT2D eigenvalue weighted by molar-refractivity contribution is -0.114. The predicted octanol–water partition coefficient (Wildman–Crippen LogP) is 2.33. The quantitative estimate of drug-likeness (QED) is 0.835. The smallest absolute Gasteiger partial charge is 0.255 e. The average Bonchev–Trinajstić information content (AvgIpc) is 2.25. The van der Waals surface area contributed by atoms with Gasteiger partial charge in [-0.2, -0.15) is 0 Å². The van der Waals surface area contributed by atoms with Gasteiger partial charge in [-0.15, -0.1) is 0 Å². The lowest BCUT2D eigenvalue weighted by Gasteiger charge is -2.12. The first-order valence-corrected chi connectivity index (χ1v) is 5.00. The Morgan fingerprint density at radius 1 is 1.47 bits per heavy atom. The summed E-state index contributed by atoms with van der Waals surface area (Å²) in [6, 6.07) is 4.77. The zero-order valence-electron chi connectivity index (χ0n) is 9.59. The summed E-state index contributed by atoms with van der Waals surface area (Å²) in [6.45, 7) is 0.899. The van der Waals surface area contributed by atoms with E-state index in [0.717, 1.165) is 0 Å². The number of halogens is 2. The molecule has 0 fully saturated rings. The van der Waals surface area contributed by atoms with Crippen LogP contribution in [0.3, 0.4) is 0 Å². The van der Waals surface area contributed by atoms with Crippen molar-refractivity contribution in [2.45, 2.75) is 13.3 Å². The topological polar surface area (TPSA) is 50.4 Å². The fourth-order valence-corrected chi connectivity index (χ4v) is 1.31. The lowest BCUT2D eigenvalue weighted by atomic mass is 10.2. The number of carbonyl (C=O) groups excluding carboxylic acids is 1. The molecule has 2 N–H and O–H groups in total. The van der Waals surface area contributed by atoms with Crippen LogP contribution in [-0.4, -0.2) is 26.0 Å². The molecule has 17 heavy (non-hydrogen) atoms. The molecule has 0 aliphatic rings. The number of alkyl halides is 2. The number of anilines is 2. The summed E-state index contributed by atoms with van der Waals surface area (Å²) in [4.78, 5) is 10.9. The van der Waals surface area contributed by atoms with Gasteiger partial charge in [0.1, 0.15) is 5.75 Å². The van der Waals surface area contributed by atoms with Crippen LogP contribution >= 0.6 is 0 Å². The van der Waals surface area contributed by atoms with Crippen molar-refractivity contribution in [2.75, 3.05) is 24.3 Å². The third kappa shape index (κ3) is 4.26. The summed E-state index contributed by atoms with van der Waals surface area (Å²) >= 11 is 0. The van der Waals surface area contributed by atoms with Crippen LogP contribution in [0.15, 0.2) is 18.2 Å². The molecular weight excluding hydrogens is 230 g/mol. The van der Waals surface area contributed by atoms with E-state index in [1.165, 1.54) is 14.0 Å². The second-order valence-electron chi connectivity index (χ2n) is 3.37. The minimum absolute atomic E-state index is 0.227. The molecule has 6 heteroatoms. The number of rotatable bonds is 5. The highest BCUT2D eigenvalue weighted by atomic mass is 19.3. The molecule has 0 saturated heterocycles. The van der Waals surface area contributed by atoms with Gasteiger partial charge in [-0.25, -0.2) is 8.78 Å². The molecule has 0 atom stereocenters. The van der Waals surface area contributed by atoms with Crippen LogP contribution < -0.4 is 15.4 Å². The standard InChI is InChI=1S/C11H14F2N2O2/c1-7(16)15-8-3-4-10(17-2)9(5-8)14-6-11(12)13/h3-5,11,14H,6H2,1-2H3,(H,15,16).